The van der Waals surface area contributed by atoms with Crippen molar-refractivity contribution in [3.63, 3.8) is 0 Å². The summed E-state index contributed by atoms with van der Waals surface area (Å²) in [4.78, 5) is 10.9. The van der Waals surface area contributed by atoms with Gasteiger partial charge in [0.15, 0.2) is 0 Å². The van der Waals surface area contributed by atoms with E-state index in [0.717, 1.165) is 13.0 Å². The molecule has 28 heavy (non-hydrogen) atoms. The fourth-order valence-electron chi connectivity index (χ4n) is 3.02. The molecule has 0 atom stereocenters. The number of carbonyl (C=O) groups excluding carboxylic acids is 1. The lowest BCUT2D eigenvalue weighted by Gasteiger charge is -2.07. The van der Waals surface area contributed by atoms with Crippen molar-refractivity contribution >= 4 is 5.97 Å². The van der Waals surface area contributed by atoms with E-state index in [1.165, 1.54) is 84.2 Å². The summed E-state index contributed by atoms with van der Waals surface area (Å²) in [5.74, 6) is -0.248. The van der Waals surface area contributed by atoms with Gasteiger partial charge in [-0.15, -0.1) is 0 Å². The van der Waals surface area contributed by atoms with Gasteiger partial charge in [0.1, 0.15) is 0 Å². The van der Waals surface area contributed by atoms with E-state index >= 15 is 0 Å². The minimum atomic E-state index is -0.248. The first-order valence-electron chi connectivity index (χ1n) is 11.6. The molecule has 0 aliphatic carbocycles. The van der Waals surface area contributed by atoms with Crippen LogP contribution in [-0.2, 0) is 23.7 Å². The normalized spacial score (nSPS) is 11.1. The molecule has 0 bridgehead atoms. The van der Waals surface area contributed by atoms with Crippen LogP contribution in [0.2, 0.25) is 0 Å². The van der Waals surface area contributed by atoms with Gasteiger partial charge >= 0.3 is 5.97 Å². The van der Waals surface area contributed by atoms with E-state index < -0.39 is 0 Å². The standard InChI is InChI=1S/C23H46O5/c1-3-4-5-6-7-8-9-10-11-12-13-14-15-17-26-19-21-28-22-20-27-18-16-23(24)25-2/h3-22H2,1-2H3. The highest BCUT2D eigenvalue weighted by Crippen LogP contribution is 2.12. The Bertz CT molecular complexity index is 309. The largest absolute Gasteiger partial charge is 0.469 e. The highest BCUT2D eigenvalue weighted by molar-refractivity contribution is 5.69. The van der Waals surface area contributed by atoms with Crippen LogP contribution in [0, 0.1) is 0 Å². The summed E-state index contributed by atoms with van der Waals surface area (Å²) < 4.78 is 20.8. The van der Waals surface area contributed by atoms with Gasteiger partial charge in [0.05, 0.1) is 46.6 Å². The van der Waals surface area contributed by atoms with Gasteiger partial charge in [0.25, 0.3) is 0 Å². The van der Waals surface area contributed by atoms with Crippen molar-refractivity contribution < 1.29 is 23.7 Å². The zero-order chi connectivity index (χ0) is 20.5. The average molecular weight is 403 g/mol. The molecule has 0 aromatic heterocycles. The summed E-state index contributed by atoms with van der Waals surface area (Å²) in [5.41, 5.74) is 0. The lowest BCUT2D eigenvalue weighted by atomic mass is 10.0. The minimum Gasteiger partial charge on any atom is -0.469 e. The third-order valence-electron chi connectivity index (χ3n) is 4.81. The van der Waals surface area contributed by atoms with E-state index in [9.17, 15) is 4.79 Å². The van der Waals surface area contributed by atoms with Crippen LogP contribution in [0.5, 0.6) is 0 Å². The van der Waals surface area contributed by atoms with Gasteiger partial charge in [0, 0.05) is 6.61 Å². The minimum absolute atomic E-state index is 0.248. The van der Waals surface area contributed by atoms with Gasteiger partial charge < -0.3 is 18.9 Å². The molecule has 168 valence electrons. The molecule has 0 aromatic rings. The van der Waals surface area contributed by atoms with E-state index in [2.05, 4.69) is 11.7 Å². The molecular weight excluding hydrogens is 356 g/mol. The molecule has 0 heterocycles. The van der Waals surface area contributed by atoms with E-state index in [0.29, 0.717) is 39.5 Å². The summed E-state index contributed by atoms with van der Waals surface area (Å²) in [7, 11) is 1.38. The van der Waals surface area contributed by atoms with Crippen LogP contribution in [0.4, 0.5) is 0 Å². The van der Waals surface area contributed by atoms with Crippen molar-refractivity contribution in [2.75, 3.05) is 46.8 Å². The Kier molecular flexibility index (Phi) is 23.8. The molecule has 0 unspecified atom stereocenters. The van der Waals surface area contributed by atoms with Crippen LogP contribution in [0.15, 0.2) is 0 Å². The highest BCUT2D eigenvalue weighted by Gasteiger charge is 1.99. The Hall–Kier alpha value is -0.650. The van der Waals surface area contributed by atoms with Crippen LogP contribution in [-0.4, -0.2) is 52.7 Å². The first kappa shape index (κ1) is 27.4. The van der Waals surface area contributed by atoms with E-state index in [1.807, 2.05) is 0 Å². The number of carbonyl (C=O) groups is 1. The number of ether oxygens (including phenoxy) is 4. The smallest absolute Gasteiger partial charge is 0.307 e. The quantitative estimate of drug-likeness (QED) is 0.162. The first-order valence-corrected chi connectivity index (χ1v) is 11.6. The van der Waals surface area contributed by atoms with Crippen molar-refractivity contribution in [2.24, 2.45) is 0 Å². The Morgan fingerprint density at radius 1 is 0.536 bits per heavy atom. The van der Waals surface area contributed by atoms with Crippen molar-refractivity contribution in [3.8, 4) is 0 Å². The number of unbranched alkanes of at least 4 members (excludes halogenated alkanes) is 12. The molecule has 0 fully saturated rings. The predicted octanol–water partition coefficient (Wildman–Crippen LogP) is 5.69. The third-order valence-corrected chi connectivity index (χ3v) is 4.81. The number of esters is 1. The van der Waals surface area contributed by atoms with Gasteiger partial charge in [-0.25, -0.2) is 0 Å². The molecule has 5 heteroatoms. The number of hydrogen-bond donors (Lipinski definition) is 0. The second kappa shape index (κ2) is 24.4. The molecule has 0 spiro atoms. The molecule has 0 amide bonds. The molecule has 0 saturated carbocycles. The zero-order valence-corrected chi connectivity index (χ0v) is 18.7. The lowest BCUT2D eigenvalue weighted by Crippen LogP contribution is -2.12. The predicted molar refractivity (Wildman–Crippen MR) is 115 cm³/mol. The SMILES string of the molecule is CCCCCCCCCCCCCCCOCCOCCOCCC(=O)OC. The van der Waals surface area contributed by atoms with E-state index in [1.54, 1.807) is 0 Å². The van der Waals surface area contributed by atoms with Crippen molar-refractivity contribution in [1.82, 2.24) is 0 Å². The van der Waals surface area contributed by atoms with Gasteiger partial charge in [-0.05, 0) is 6.42 Å². The van der Waals surface area contributed by atoms with Gasteiger partial charge in [-0.1, -0.05) is 84.0 Å². The zero-order valence-electron chi connectivity index (χ0n) is 18.7. The van der Waals surface area contributed by atoms with Crippen LogP contribution < -0.4 is 0 Å². The summed E-state index contributed by atoms with van der Waals surface area (Å²) in [6.07, 6.45) is 18.1. The van der Waals surface area contributed by atoms with Crippen LogP contribution in [0.1, 0.15) is 96.8 Å². The second-order valence-corrected chi connectivity index (χ2v) is 7.41. The Balaban J connectivity index is 3.00. The Labute approximate surface area is 173 Å². The lowest BCUT2D eigenvalue weighted by molar-refractivity contribution is -0.141. The maximum absolute atomic E-state index is 10.9. The van der Waals surface area contributed by atoms with E-state index in [-0.39, 0.29) is 5.97 Å². The molecule has 0 aliphatic heterocycles. The van der Waals surface area contributed by atoms with E-state index in [4.69, 9.17) is 14.2 Å². The van der Waals surface area contributed by atoms with Crippen molar-refractivity contribution in [1.29, 1.82) is 0 Å². The maximum Gasteiger partial charge on any atom is 0.307 e. The average Bonchev–Trinajstić information content (AvgIpc) is 2.71. The van der Waals surface area contributed by atoms with Gasteiger partial charge in [-0.3, -0.25) is 4.79 Å². The molecule has 0 saturated heterocycles. The molecule has 0 aliphatic rings. The summed E-state index contributed by atoms with van der Waals surface area (Å²) in [6.45, 7) is 5.75. The Morgan fingerprint density at radius 3 is 1.39 bits per heavy atom. The highest BCUT2D eigenvalue weighted by atomic mass is 16.5. The molecule has 0 radical (unpaired) electrons. The molecule has 5 nitrogen and oxygen atoms in total. The summed E-state index contributed by atoms with van der Waals surface area (Å²) in [6, 6.07) is 0. The van der Waals surface area contributed by atoms with Crippen LogP contribution in [0.25, 0.3) is 0 Å². The fraction of sp³-hybridized carbons (Fsp3) is 0.957. The monoisotopic (exact) mass is 402 g/mol. The molecule has 0 rings (SSSR count). The summed E-state index contributed by atoms with van der Waals surface area (Å²) >= 11 is 0. The number of rotatable bonds is 23. The first-order chi connectivity index (χ1) is 13.8. The molecular formula is C23H46O5. The third kappa shape index (κ3) is 23.4. The maximum atomic E-state index is 10.9. The Morgan fingerprint density at radius 2 is 0.929 bits per heavy atom. The second-order valence-electron chi connectivity index (χ2n) is 7.41. The number of hydrogen-bond acceptors (Lipinski definition) is 5. The molecule has 0 N–H and O–H groups in total. The fourth-order valence-corrected chi connectivity index (χ4v) is 3.02. The van der Waals surface area contributed by atoms with Crippen molar-refractivity contribution in [2.45, 2.75) is 96.8 Å². The number of methoxy groups -OCH3 is 1. The van der Waals surface area contributed by atoms with Crippen molar-refractivity contribution in [3.05, 3.63) is 0 Å². The topological polar surface area (TPSA) is 54.0 Å². The van der Waals surface area contributed by atoms with Crippen LogP contribution in [0.3, 0.4) is 0 Å². The van der Waals surface area contributed by atoms with Gasteiger partial charge in [0.2, 0.25) is 0 Å². The summed E-state index contributed by atoms with van der Waals surface area (Å²) in [5, 5.41) is 0. The van der Waals surface area contributed by atoms with Gasteiger partial charge in [-0.2, -0.15) is 0 Å². The van der Waals surface area contributed by atoms with Crippen LogP contribution >= 0.6 is 0 Å². The molecule has 0 aromatic carbocycles.